The summed E-state index contributed by atoms with van der Waals surface area (Å²) < 4.78 is 13.3. The number of nitrogen functional groups attached to an aromatic ring is 2. The van der Waals surface area contributed by atoms with Crippen molar-refractivity contribution in [3.63, 3.8) is 0 Å². The average molecular weight is 250 g/mol. The lowest BCUT2D eigenvalue weighted by molar-refractivity contribution is 0.617. The van der Waals surface area contributed by atoms with Gasteiger partial charge in [0.25, 0.3) is 0 Å². The van der Waals surface area contributed by atoms with Crippen LogP contribution in [0.15, 0.2) is 35.5 Å². The van der Waals surface area contributed by atoms with Gasteiger partial charge in [0.1, 0.15) is 17.5 Å². The summed E-state index contributed by atoms with van der Waals surface area (Å²) in [4.78, 5) is 8.01. The summed E-state index contributed by atoms with van der Waals surface area (Å²) in [6.07, 6.45) is 0. The van der Waals surface area contributed by atoms with E-state index in [-0.39, 0.29) is 5.82 Å². The van der Waals surface area contributed by atoms with Crippen molar-refractivity contribution in [3.05, 3.63) is 41.7 Å². The minimum atomic E-state index is -0.239. The van der Waals surface area contributed by atoms with Gasteiger partial charge in [0.2, 0.25) is 0 Å². The van der Waals surface area contributed by atoms with Crippen LogP contribution in [0.3, 0.4) is 0 Å². The lowest BCUT2D eigenvalue weighted by Crippen LogP contribution is -1.99. The van der Waals surface area contributed by atoms with Crippen LogP contribution in [-0.4, -0.2) is 9.97 Å². The number of hydrogen-bond acceptors (Lipinski definition) is 5. The first-order valence-electron chi connectivity index (χ1n) is 4.91. The quantitative estimate of drug-likeness (QED) is 0.644. The highest BCUT2D eigenvalue weighted by Crippen LogP contribution is 2.22. The Morgan fingerprint density at radius 1 is 1.12 bits per heavy atom. The van der Waals surface area contributed by atoms with Gasteiger partial charge in [-0.1, -0.05) is 30.0 Å². The van der Waals surface area contributed by atoms with Crippen LogP contribution in [0.25, 0.3) is 0 Å². The fourth-order valence-electron chi connectivity index (χ4n) is 1.28. The van der Waals surface area contributed by atoms with Crippen molar-refractivity contribution in [1.29, 1.82) is 0 Å². The number of halogens is 1. The van der Waals surface area contributed by atoms with E-state index in [1.54, 1.807) is 18.2 Å². The van der Waals surface area contributed by atoms with Crippen molar-refractivity contribution in [2.75, 3.05) is 11.5 Å². The molecule has 4 nitrogen and oxygen atoms in total. The molecule has 0 unspecified atom stereocenters. The van der Waals surface area contributed by atoms with Crippen molar-refractivity contribution < 1.29 is 4.39 Å². The molecule has 4 N–H and O–H groups in total. The maximum atomic E-state index is 13.3. The van der Waals surface area contributed by atoms with Crippen molar-refractivity contribution >= 4 is 23.4 Å². The molecule has 0 aliphatic carbocycles. The van der Waals surface area contributed by atoms with Gasteiger partial charge in [-0.2, -0.15) is 0 Å². The van der Waals surface area contributed by atoms with E-state index in [1.165, 1.54) is 23.9 Å². The lowest BCUT2D eigenvalue weighted by atomic mass is 10.2. The van der Waals surface area contributed by atoms with Gasteiger partial charge in [-0.05, 0) is 11.6 Å². The standard InChI is InChI=1S/C11H11FN4S/c12-8-4-2-1-3-7(8)6-17-11-15-9(13)5-10(14)16-11/h1-5H,6H2,(H4,13,14,15,16). The van der Waals surface area contributed by atoms with E-state index in [0.717, 1.165) is 0 Å². The molecule has 0 atom stereocenters. The predicted octanol–water partition coefficient (Wildman–Crippen LogP) is 2.07. The number of anilines is 2. The number of thioether (sulfide) groups is 1. The van der Waals surface area contributed by atoms with Crippen LogP contribution in [-0.2, 0) is 5.75 Å². The largest absolute Gasteiger partial charge is 0.383 e. The molecular weight excluding hydrogens is 239 g/mol. The number of benzene rings is 1. The first-order valence-corrected chi connectivity index (χ1v) is 5.90. The Balaban J connectivity index is 2.10. The second-order valence-corrected chi connectivity index (χ2v) is 4.32. The molecule has 0 spiro atoms. The van der Waals surface area contributed by atoms with E-state index in [4.69, 9.17) is 11.5 Å². The van der Waals surface area contributed by atoms with Gasteiger partial charge in [0, 0.05) is 11.8 Å². The smallest absolute Gasteiger partial charge is 0.191 e. The van der Waals surface area contributed by atoms with Crippen molar-refractivity contribution in [2.24, 2.45) is 0 Å². The molecule has 0 bridgehead atoms. The minimum absolute atomic E-state index is 0.239. The Kier molecular flexibility index (Phi) is 3.43. The average Bonchev–Trinajstić information content (AvgIpc) is 2.27. The maximum Gasteiger partial charge on any atom is 0.191 e. The van der Waals surface area contributed by atoms with Crippen LogP contribution in [0, 0.1) is 5.82 Å². The zero-order chi connectivity index (χ0) is 12.3. The Morgan fingerprint density at radius 2 is 1.76 bits per heavy atom. The molecule has 0 radical (unpaired) electrons. The van der Waals surface area contributed by atoms with Gasteiger partial charge in [-0.25, -0.2) is 14.4 Å². The Labute approximate surface area is 102 Å². The summed E-state index contributed by atoms with van der Waals surface area (Å²) in [5, 5.41) is 0.450. The van der Waals surface area contributed by atoms with Gasteiger partial charge < -0.3 is 11.5 Å². The van der Waals surface area contributed by atoms with Crippen molar-refractivity contribution in [1.82, 2.24) is 9.97 Å². The zero-order valence-electron chi connectivity index (χ0n) is 8.93. The van der Waals surface area contributed by atoms with Crippen molar-refractivity contribution in [2.45, 2.75) is 10.9 Å². The summed E-state index contributed by atoms with van der Waals surface area (Å²) >= 11 is 1.29. The zero-order valence-corrected chi connectivity index (χ0v) is 9.75. The molecule has 2 aromatic rings. The highest BCUT2D eigenvalue weighted by Gasteiger charge is 2.05. The normalized spacial score (nSPS) is 10.4. The van der Waals surface area contributed by atoms with Crippen LogP contribution in [0.4, 0.5) is 16.0 Å². The molecule has 0 amide bonds. The third kappa shape index (κ3) is 3.07. The Morgan fingerprint density at radius 3 is 2.41 bits per heavy atom. The van der Waals surface area contributed by atoms with Gasteiger partial charge >= 0.3 is 0 Å². The molecule has 2 rings (SSSR count). The van der Waals surface area contributed by atoms with Gasteiger partial charge in [0.15, 0.2) is 5.16 Å². The van der Waals surface area contributed by atoms with Gasteiger partial charge in [-0.3, -0.25) is 0 Å². The van der Waals surface area contributed by atoms with E-state index in [2.05, 4.69) is 9.97 Å². The van der Waals surface area contributed by atoms with Gasteiger partial charge in [0.05, 0.1) is 0 Å². The van der Waals surface area contributed by atoms with Crippen LogP contribution in [0.5, 0.6) is 0 Å². The molecule has 0 fully saturated rings. The molecule has 6 heteroatoms. The SMILES string of the molecule is Nc1cc(N)nc(SCc2ccccc2F)n1. The summed E-state index contributed by atoms with van der Waals surface area (Å²) in [6, 6.07) is 8.06. The third-order valence-corrected chi connectivity index (χ3v) is 2.96. The van der Waals surface area contributed by atoms with E-state index >= 15 is 0 Å². The molecule has 0 saturated carbocycles. The summed E-state index contributed by atoms with van der Waals surface area (Å²) in [6.45, 7) is 0. The van der Waals surface area contributed by atoms with E-state index < -0.39 is 0 Å². The molecular formula is C11H11FN4S. The molecule has 1 aromatic heterocycles. The van der Waals surface area contributed by atoms with Crippen LogP contribution >= 0.6 is 11.8 Å². The molecule has 1 heterocycles. The number of aromatic nitrogens is 2. The number of hydrogen-bond donors (Lipinski definition) is 2. The summed E-state index contributed by atoms with van der Waals surface area (Å²) in [5.74, 6) is 0.828. The maximum absolute atomic E-state index is 13.3. The topological polar surface area (TPSA) is 77.8 Å². The molecule has 0 saturated heterocycles. The fourth-order valence-corrected chi connectivity index (χ4v) is 2.14. The monoisotopic (exact) mass is 250 g/mol. The third-order valence-electron chi connectivity index (χ3n) is 2.06. The number of nitrogens with two attached hydrogens (primary N) is 2. The van der Waals surface area contributed by atoms with E-state index in [0.29, 0.717) is 28.1 Å². The first-order chi connectivity index (χ1) is 8.15. The van der Waals surface area contributed by atoms with Crippen LogP contribution in [0.1, 0.15) is 5.56 Å². The van der Waals surface area contributed by atoms with Crippen LogP contribution < -0.4 is 11.5 Å². The Hall–Kier alpha value is -1.82. The molecule has 0 aliphatic rings. The highest BCUT2D eigenvalue weighted by molar-refractivity contribution is 7.98. The second-order valence-electron chi connectivity index (χ2n) is 3.38. The first kappa shape index (κ1) is 11.7. The number of rotatable bonds is 3. The molecule has 88 valence electrons. The van der Waals surface area contributed by atoms with E-state index in [1.807, 2.05) is 0 Å². The molecule has 1 aromatic carbocycles. The van der Waals surface area contributed by atoms with Gasteiger partial charge in [-0.15, -0.1) is 0 Å². The summed E-state index contributed by atoms with van der Waals surface area (Å²) in [7, 11) is 0. The predicted molar refractivity (Wildman–Crippen MR) is 66.8 cm³/mol. The van der Waals surface area contributed by atoms with E-state index in [9.17, 15) is 4.39 Å². The van der Waals surface area contributed by atoms with Crippen LogP contribution in [0.2, 0.25) is 0 Å². The number of nitrogens with zero attached hydrogens (tertiary/aromatic N) is 2. The minimum Gasteiger partial charge on any atom is -0.383 e. The molecule has 0 aliphatic heterocycles. The molecule has 17 heavy (non-hydrogen) atoms. The lowest BCUT2D eigenvalue weighted by Gasteiger charge is -2.03. The Bertz CT molecular complexity index is 512. The summed E-state index contributed by atoms with van der Waals surface area (Å²) in [5.41, 5.74) is 11.7. The van der Waals surface area contributed by atoms with Crippen molar-refractivity contribution in [3.8, 4) is 0 Å². The second kappa shape index (κ2) is 5.01. The highest BCUT2D eigenvalue weighted by atomic mass is 32.2. The fraction of sp³-hybridized carbons (Fsp3) is 0.0909.